The van der Waals surface area contributed by atoms with Crippen molar-refractivity contribution in [3.8, 4) is 0 Å². The Kier molecular flexibility index (Phi) is 2.10. The SMILES string of the molecule is CN1CC(=O)c2cc(Cl)ccc2C1. The summed E-state index contributed by atoms with van der Waals surface area (Å²) >= 11 is 5.81. The van der Waals surface area contributed by atoms with E-state index in [1.54, 1.807) is 6.07 Å². The number of carbonyl (C=O) groups is 1. The Morgan fingerprint density at radius 2 is 2.15 bits per heavy atom. The van der Waals surface area contributed by atoms with Crippen LogP contribution in [0.15, 0.2) is 18.2 Å². The molecule has 1 heterocycles. The normalized spacial score (nSPS) is 17.2. The number of hydrogen-bond donors (Lipinski definition) is 0. The number of ketones is 1. The molecule has 2 nitrogen and oxygen atoms in total. The van der Waals surface area contributed by atoms with Crippen molar-refractivity contribution >= 4 is 17.4 Å². The molecule has 1 aliphatic heterocycles. The molecular formula is C10H10ClNO. The Morgan fingerprint density at radius 1 is 1.38 bits per heavy atom. The van der Waals surface area contributed by atoms with Gasteiger partial charge in [-0.25, -0.2) is 0 Å². The lowest BCUT2D eigenvalue weighted by Gasteiger charge is -2.23. The van der Waals surface area contributed by atoms with E-state index in [1.165, 1.54) is 0 Å². The molecule has 0 amide bonds. The van der Waals surface area contributed by atoms with E-state index in [4.69, 9.17) is 11.6 Å². The molecule has 0 unspecified atom stereocenters. The Bertz CT molecular complexity index is 362. The molecule has 0 atom stereocenters. The molecule has 2 rings (SSSR count). The molecule has 3 heteroatoms. The van der Waals surface area contributed by atoms with Crippen LogP contribution in [0.5, 0.6) is 0 Å². The van der Waals surface area contributed by atoms with Gasteiger partial charge in [-0.1, -0.05) is 17.7 Å². The fraction of sp³-hybridized carbons (Fsp3) is 0.300. The van der Waals surface area contributed by atoms with Crippen LogP contribution in [0.1, 0.15) is 15.9 Å². The largest absolute Gasteiger partial charge is 0.295 e. The van der Waals surface area contributed by atoms with Gasteiger partial charge in [-0.3, -0.25) is 9.69 Å². The Balaban J connectivity index is 2.49. The van der Waals surface area contributed by atoms with Gasteiger partial charge in [0, 0.05) is 17.1 Å². The van der Waals surface area contributed by atoms with Crippen LogP contribution in [0.25, 0.3) is 0 Å². The Labute approximate surface area is 82.1 Å². The highest BCUT2D eigenvalue weighted by atomic mass is 35.5. The molecule has 0 aromatic heterocycles. The van der Waals surface area contributed by atoms with E-state index in [9.17, 15) is 4.79 Å². The van der Waals surface area contributed by atoms with E-state index < -0.39 is 0 Å². The Morgan fingerprint density at radius 3 is 2.92 bits per heavy atom. The first-order chi connectivity index (χ1) is 6.16. The molecule has 1 aromatic rings. The summed E-state index contributed by atoms with van der Waals surface area (Å²) in [6, 6.07) is 5.50. The van der Waals surface area contributed by atoms with Crippen molar-refractivity contribution in [3.05, 3.63) is 34.3 Å². The molecule has 0 aliphatic carbocycles. The minimum Gasteiger partial charge on any atom is -0.295 e. The van der Waals surface area contributed by atoms with Crippen molar-refractivity contribution in [3.63, 3.8) is 0 Å². The number of Topliss-reactive ketones (excluding diaryl/α,β-unsaturated/α-hetero) is 1. The highest BCUT2D eigenvalue weighted by Gasteiger charge is 2.20. The number of likely N-dealkylation sites (N-methyl/N-ethyl adjacent to an activating group) is 1. The highest BCUT2D eigenvalue weighted by molar-refractivity contribution is 6.31. The van der Waals surface area contributed by atoms with Crippen LogP contribution < -0.4 is 0 Å². The summed E-state index contributed by atoms with van der Waals surface area (Å²) in [4.78, 5) is 13.5. The predicted molar refractivity (Wildman–Crippen MR) is 52.1 cm³/mol. The van der Waals surface area contributed by atoms with Crippen LogP contribution in [0.4, 0.5) is 0 Å². The monoisotopic (exact) mass is 195 g/mol. The van der Waals surface area contributed by atoms with Crippen molar-refractivity contribution < 1.29 is 4.79 Å². The number of benzene rings is 1. The minimum atomic E-state index is 0.159. The lowest BCUT2D eigenvalue weighted by molar-refractivity contribution is 0.0923. The van der Waals surface area contributed by atoms with Crippen molar-refractivity contribution in [1.82, 2.24) is 4.90 Å². The number of hydrogen-bond acceptors (Lipinski definition) is 2. The maximum Gasteiger partial charge on any atom is 0.177 e. The predicted octanol–water partition coefficient (Wildman–Crippen LogP) is 1.97. The molecule has 0 bridgehead atoms. The van der Waals surface area contributed by atoms with Gasteiger partial charge in [0.05, 0.1) is 6.54 Å². The fourth-order valence-corrected chi connectivity index (χ4v) is 1.80. The number of carbonyl (C=O) groups excluding carboxylic acids is 1. The van der Waals surface area contributed by atoms with Gasteiger partial charge < -0.3 is 0 Å². The molecule has 0 fully saturated rings. The second kappa shape index (κ2) is 3.13. The second-order valence-corrected chi connectivity index (χ2v) is 3.83. The smallest absolute Gasteiger partial charge is 0.177 e. The van der Waals surface area contributed by atoms with E-state index in [2.05, 4.69) is 0 Å². The van der Waals surface area contributed by atoms with Crippen molar-refractivity contribution in [2.24, 2.45) is 0 Å². The number of rotatable bonds is 0. The molecular weight excluding hydrogens is 186 g/mol. The molecule has 1 aromatic carbocycles. The van der Waals surface area contributed by atoms with E-state index in [0.717, 1.165) is 17.7 Å². The van der Waals surface area contributed by atoms with Crippen LogP contribution in [-0.4, -0.2) is 24.3 Å². The third kappa shape index (κ3) is 1.60. The second-order valence-electron chi connectivity index (χ2n) is 3.40. The zero-order chi connectivity index (χ0) is 9.42. The molecule has 0 saturated carbocycles. The maximum absolute atomic E-state index is 11.5. The first-order valence-electron chi connectivity index (χ1n) is 4.17. The van der Waals surface area contributed by atoms with Crippen LogP contribution in [-0.2, 0) is 6.54 Å². The molecule has 0 spiro atoms. The molecule has 0 N–H and O–H groups in total. The van der Waals surface area contributed by atoms with Gasteiger partial charge in [0.1, 0.15) is 0 Å². The van der Waals surface area contributed by atoms with Gasteiger partial charge in [-0.2, -0.15) is 0 Å². The first-order valence-corrected chi connectivity index (χ1v) is 4.55. The van der Waals surface area contributed by atoms with Crippen molar-refractivity contribution in [1.29, 1.82) is 0 Å². The quantitative estimate of drug-likeness (QED) is 0.631. The van der Waals surface area contributed by atoms with Gasteiger partial charge in [0.25, 0.3) is 0 Å². The van der Waals surface area contributed by atoms with Crippen LogP contribution in [0.3, 0.4) is 0 Å². The molecule has 68 valence electrons. The number of nitrogens with zero attached hydrogens (tertiary/aromatic N) is 1. The average Bonchev–Trinajstić information content (AvgIpc) is 2.06. The van der Waals surface area contributed by atoms with E-state index >= 15 is 0 Å². The third-order valence-corrected chi connectivity index (χ3v) is 2.46. The summed E-state index contributed by atoms with van der Waals surface area (Å²) in [6.45, 7) is 1.32. The van der Waals surface area contributed by atoms with Crippen LogP contribution in [0, 0.1) is 0 Å². The topological polar surface area (TPSA) is 20.3 Å². The molecule has 0 saturated heterocycles. The maximum atomic E-state index is 11.5. The summed E-state index contributed by atoms with van der Waals surface area (Å²) in [5, 5.41) is 0.636. The van der Waals surface area contributed by atoms with Gasteiger partial charge >= 0.3 is 0 Å². The number of fused-ring (bicyclic) bond motifs is 1. The van der Waals surface area contributed by atoms with Crippen molar-refractivity contribution in [2.45, 2.75) is 6.54 Å². The standard InChI is InChI=1S/C10H10ClNO/c1-12-5-7-2-3-8(11)4-9(7)10(13)6-12/h2-4H,5-6H2,1H3. The highest BCUT2D eigenvalue weighted by Crippen LogP contribution is 2.21. The van der Waals surface area contributed by atoms with Crippen molar-refractivity contribution in [2.75, 3.05) is 13.6 Å². The molecule has 13 heavy (non-hydrogen) atoms. The zero-order valence-corrected chi connectivity index (χ0v) is 8.14. The lowest BCUT2D eigenvalue weighted by Crippen LogP contribution is -2.31. The summed E-state index contributed by atoms with van der Waals surface area (Å²) < 4.78 is 0. The Hall–Kier alpha value is -0.860. The molecule has 0 radical (unpaired) electrons. The number of halogens is 1. The average molecular weight is 196 g/mol. The minimum absolute atomic E-state index is 0.159. The van der Waals surface area contributed by atoms with Crippen LogP contribution in [0.2, 0.25) is 5.02 Å². The first kappa shape index (κ1) is 8.73. The van der Waals surface area contributed by atoms with Gasteiger partial charge in [0.2, 0.25) is 0 Å². The van der Waals surface area contributed by atoms with E-state index in [0.29, 0.717) is 11.6 Å². The molecule has 1 aliphatic rings. The van der Waals surface area contributed by atoms with Gasteiger partial charge in [-0.15, -0.1) is 0 Å². The third-order valence-electron chi connectivity index (χ3n) is 2.23. The zero-order valence-electron chi connectivity index (χ0n) is 7.38. The summed E-state index contributed by atoms with van der Waals surface area (Å²) in [6.07, 6.45) is 0. The van der Waals surface area contributed by atoms with E-state index in [1.807, 2.05) is 24.1 Å². The summed E-state index contributed by atoms with van der Waals surface area (Å²) in [5.74, 6) is 0.159. The van der Waals surface area contributed by atoms with Gasteiger partial charge in [-0.05, 0) is 24.7 Å². The fourth-order valence-electron chi connectivity index (χ4n) is 1.62. The van der Waals surface area contributed by atoms with E-state index in [-0.39, 0.29) is 5.78 Å². The lowest BCUT2D eigenvalue weighted by atomic mass is 9.99. The van der Waals surface area contributed by atoms with Crippen LogP contribution >= 0.6 is 11.6 Å². The van der Waals surface area contributed by atoms with Gasteiger partial charge in [0.15, 0.2) is 5.78 Å². The summed E-state index contributed by atoms with van der Waals surface area (Å²) in [7, 11) is 1.94. The summed E-state index contributed by atoms with van der Waals surface area (Å²) in [5.41, 5.74) is 1.86.